The van der Waals surface area contributed by atoms with Crippen molar-refractivity contribution in [2.75, 3.05) is 12.8 Å². The van der Waals surface area contributed by atoms with Gasteiger partial charge in [-0.2, -0.15) is 4.31 Å². The molecule has 1 aliphatic carbocycles. The third kappa shape index (κ3) is 4.22. The molecule has 1 heterocycles. The number of alkyl halides is 2. The van der Waals surface area contributed by atoms with Crippen LogP contribution in [-0.2, 0) is 16.6 Å². The van der Waals surface area contributed by atoms with Gasteiger partial charge in [-0.3, -0.25) is 0 Å². The number of benzene rings is 2. The number of hydrogen-bond acceptors (Lipinski definition) is 3. The van der Waals surface area contributed by atoms with Crippen molar-refractivity contribution in [3.63, 3.8) is 0 Å². The predicted molar refractivity (Wildman–Crippen MR) is 114 cm³/mol. The van der Waals surface area contributed by atoms with E-state index in [9.17, 15) is 22.3 Å². The smallest absolute Gasteiger partial charge is 0.248 e. The van der Waals surface area contributed by atoms with Gasteiger partial charge in [0, 0.05) is 47.2 Å². The molecule has 1 atom stereocenters. The number of sulfonamides is 1. The summed E-state index contributed by atoms with van der Waals surface area (Å²) in [5, 5.41) is 13.0. The molecule has 5 nitrogen and oxygen atoms in total. The number of hydrogen-bond donors (Lipinski definition) is 1. The van der Waals surface area contributed by atoms with Crippen molar-refractivity contribution >= 4 is 31.8 Å². The Hall–Kier alpha value is -2.03. The molecule has 3 aromatic rings. The maximum Gasteiger partial charge on any atom is 0.248 e. The molecule has 8 heteroatoms. The molecule has 0 bridgehead atoms. The summed E-state index contributed by atoms with van der Waals surface area (Å²) in [4.78, 5) is 0. The van der Waals surface area contributed by atoms with Crippen LogP contribution in [0.15, 0.2) is 48.5 Å². The Bertz CT molecular complexity index is 1100. The molecule has 0 aliphatic heterocycles. The molecule has 1 aromatic heterocycles. The molecule has 0 amide bonds. The number of fused-ring (bicyclic) bond motifs is 3. The summed E-state index contributed by atoms with van der Waals surface area (Å²) in [6.07, 6.45) is -0.349. The van der Waals surface area contributed by atoms with Gasteiger partial charge in [-0.05, 0) is 25.0 Å². The summed E-state index contributed by atoms with van der Waals surface area (Å²) < 4.78 is 55.0. The minimum Gasteiger partial charge on any atom is -0.390 e. The van der Waals surface area contributed by atoms with Crippen molar-refractivity contribution in [2.45, 2.75) is 50.3 Å². The number of aromatic nitrogens is 1. The molecular weight excluding hydrogens is 410 g/mol. The van der Waals surface area contributed by atoms with Crippen LogP contribution in [0.1, 0.15) is 25.7 Å². The molecular formula is C22H26F2N2O3S. The first-order valence-electron chi connectivity index (χ1n) is 10.1. The summed E-state index contributed by atoms with van der Waals surface area (Å²) in [6, 6.07) is 15.2. The first-order chi connectivity index (χ1) is 14.2. The first-order valence-corrected chi connectivity index (χ1v) is 12.0. The van der Waals surface area contributed by atoms with Crippen molar-refractivity contribution in [1.29, 1.82) is 0 Å². The molecule has 1 fully saturated rings. The quantitative estimate of drug-likeness (QED) is 0.636. The van der Waals surface area contributed by atoms with E-state index in [0.717, 1.165) is 28.1 Å². The normalized spacial score (nSPS) is 19.0. The molecule has 1 saturated carbocycles. The van der Waals surface area contributed by atoms with Crippen LogP contribution in [0.5, 0.6) is 0 Å². The van der Waals surface area contributed by atoms with Crippen LogP contribution in [-0.4, -0.2) is 53.3 Å². The van der Waals surface area contributed by atoms with Gasteiger partial charge in [0.05, 0.1) is 18.9 Å². The first kappa shape index (κ1) is 21.2. The van der Waals surface area contributed by atoms with Gasteiger partial charge in [0.25, 0.3) is 0 Å². The van der Waals surface area contributed by atoms with Crippen molar-refractivity contribution in [3.8, 4) is 0 Å². The lowest BCUT2D eigenvalue weighted by atomic mass is 9.92. The average Bonchev–Trinajstić information content (AvgIpc) is 3.00. The average molecular weight is 437 g/mol. The number of para-hydroxylation sites is 2. The Morgan fingerprint density at radius 2 is 1.57 bits per heavy atom. The van der Waals surface area contributed by atoms with E-state index in [0.29, 0.717) is 0 Å². The molecule has 1 aliphatic rings. The summed E-state index contributed by atoms with van der Waals surface area (Å²) in [5.74, 6) is -2.73. The van der Waals surface area contributed by atoms with Gasteiger partial charge < -0.3 is 9.67 Å². The lowest BCUT2D eigenvalue weighted by molar-refractivity contribution is -0.0485. The third-order valence-electron chi connectivity index (χ3n) is 5.98. The van der Waals surface area contributed by atoms with E-state index in [4.69, 9.17) is 0 Å². The number of rotatable bonds is 6. The summed E-state index contributed by atoms with van der Waals surface area (Å²) >= 11 is 0. The fraction of sp³-hybridized carbons (Fsp3) is 0.455. The van der Waals surface area contributed by atoms with E-state index in [1.165, 1.54) is 4.31 Å². The molecule has 0 radical (unpaired) electrons. The zero-order valence-corrected chi connectivity index (χ0v) is 17.7. The van der Waals surface area contributed by atoms with Crippen molar-refractivity contribution in [1.82, 2.24) is 8.87 Å². The molecule has 1 unspecified atom stereocenters. The van der Waals surface area contributed by atoms with Crippen molar-refractivity contribution in [2.24, 2.45) is 0 Å². The van der Waals surface area contributed by atoms with E-state index in [2.05, 4.69) is 0 Å². The number of aliphatic hydroxyl groups is 1. The zero-order chi connectivity index (χ0) is 21.5. The Morgan fingerprint density at radius 1 is 1.07 bits per heavy atom. The minimum absolute atomic E-state index is 0.0994. The van der Waals surface area contributed by atoms with Crippen LogP contribution < -0.4 is 0 Å². The van der Waals surface area contributed by atoms with E-state index in [1.807, 2.05) is 53.1 Å². The van der Waals surface area contributed by atoms with Crippen LogP contribution in [0.25, 0.3) is 21.8 Å². The van der Waals surface area contributed by atoms with Gasteiger partial charge in [0.2, 0.25) is 15.9 Å². The van der Waals surface area contributed by atoms with E-state index in [-0.39, 0.29) is 38.8 Å². The van der Waals surface area contributed by atoms with Gasteiger partial charge in [-0.1, -0.05) is 36.4 Å². The zero-order valence-electron chi connectivity index (χ0n) is 16.8. The fourth-order valence-electron chi connectivity index (χ4n) is 4.54. The Morgan fingerprint density at radius 3 is 2.07 bits per heavy atom. The van der Waals surface area contributed by atoms with Crippen LogP contribution in [0.4, 0.5) is 8.78 Å². The Balaban J connectivity index is 1.59. The lowest BCUT2D eigenvalue weighted by Crippen LogP contribution is -2.47. The van der Waals surface area contributed by atoms with Crippen LogP contribution in [0.3, 0.4) is 0 Å². The van der Waals surface area contributed by atoms with Crippen molar-refractivity contribution < 1.29 is 22.3 Å². The topological polar surface area (TPSA) is 62.5 Å². The van der Waals surface area contributed by atoms with Crippen LogP contribution >= 0.6 is 0 Å². The lowest BCUT2D eigenvalue weighted by Gasteiger charge is -2.36. The highest BCUT2D eigenvalue weighted by molar-refractivity contribution is 7.88. The molecule has 1 N–H and O–H groups in total. The summed E-state index contributed by atoms with van der Waals surface area (Å²) in [5.41, 5.74) is 1.92. The highest BCUT2D eigenvalue weighted by atomic mass is 32.2. The molecule has 30 heavy (non-hydrogen) atoms. The summed E-state index contributed by atoms with van der Waals surface area (Å²) in [7, 11) is -3.64. The second-order valence-electron chi connectivity index (χ2n) is 8.22. The third-order valence-corrected chi connectivity index (χ3v) is 7.28. The van der Waals surface area contributed by atoms with Crippen LogP contribution in [0, 0.1) is 0 Å². The Kier molecular flexibility index (Phi) is 5.59. The van der Waals surface area contributed by atoms with E-state index < -0.39 is 28.1 Å². The van der Waals surface area contributed by atoms with Gasteiger partial charge in [0.15, 0.2) is 0 Å². The largest absolute Gasteiger partial charge is 0.390 e. The number of halogens is 2. The molecule has 162 valence electrons. The van der Waals surface area contributed by atoms with Gasteiger partial charge >= 0.3 is 0 Å². The van der Waals surface area contributed by atoms with Crippen LogP contribution in [0.2, 0.25) is 0 Å². The maximum atomic E-state index is 13.5. The standard InChI is InChI=1S/C22H26F2N2O3S/c1-30(28,29)26(16-10-12-22(23,24)13-11-16)15-17(27)14-25-20-8-4-2-6-18(20)19-7-3-5-9-21(19)25/h2-9,16-17,27H,10-15H2,1H3. The van der Waals surface area contributed by atoms with Crippen molar-refractivity contribution in [3.05, 3.63) is 48.5 Å². The number of aliphatic hydroxyl groups excluding tert-OH is 1. The minimum atomic E-state index is -3.64. The Labute approximate surface area is 175 Å². The molecule has 4 rings (SSSR count). The molecule has 2 aromatic carbocycles. The fourth-order valence-corrected chi connectivity index (χ4v) is 5.74. The maximum absolute atomic E-state index is 13.5. The number of nitrogens with zero attached hydrogens (tertiary/aromatic N) is 2. The molecule has 0 spiro atoms. The highest BCUT2D eigenvalue weighted by Gasteiger charge is 2.39. The SMILES string of the molecule is CS(=O)(=O)N(CC(O)Cn1c2ccccc2c2ccccc21)C1CCC(F)(F)CC1. The monoisotopic (exact) mass is 436 g/mol. The van der Waals surface area contributed by atoms with E-state index >= 15 is 0 Å². The van der Waals surface area contributed by atoms with E-state index in [1.54, 1.807) is 0 Å². The van der Waals surface area contributed by atoms with Gasteiger partial charge in [0.1, 0.15) is 0 Å². The summed E-state index contributed by atoms with van der Waals surface area (Å²) in [6.45, 7) is 0.0961. The second kappa shape index (κ2) is 7.90. The van der Waals surface area contributed by atoms with Gasteiger partial charge in [-0.25, -0.2) is 17.2 Å². The second-order valence-corrected chi connectivity index (χ2v) is 10.2. The highest BCUT2D eigenvalue weighted by Crippen LogP contribution is 2.36. The predicted octanol–water partition coefficient (Wildman–Crippen LogP) is 3.99. The van der Waals surface area contributed by atoms with Gasteiger partial charge in [-0.15, -0.1) is 0 Å². The molecule has 0 saturated heterocycles.